The molecule has 2 rings (SSSR count). The molecule has 2 aromatic heterocycles. The van der Waals surface area contributed by atoms with Crippen molar-refractivity contribution in [3.05, 3.63) is 28.6 Å². The molecule has 5 nitrogen and oxygen atoms in total. The number of amides is 1. The molecule has 0 aliphatic rings. The van der Waals surface area contributed by atoms with E-state index in [1.807, 2.05) is 17.5 Å². The fraction of sp³-hybridized carbons (Fsp3) is 0.154. The predicted molar refractivity (Wildman–Crippen MR) is 77.8 cm³/mol. The number of hydrogen-bond donors (Lipinski definition) is 1. The average Bonchev–Trinajstić information content (AvgIpc) is 3.07. The molecule has 0 saturated carbocycles. The van der Waals surface area contributed by atoms with E-state index in [9.17, 15) is 9.59 Å². The summed E-state index contributed by atoms with van der Waals surface area (Å²) in [5.74, 6) is 0.701. The molecule has 0 bridgehead atoms. The number of terminal acetylenes is 1. The molecule has 1 amide bonds. The van der Waals surface area contributed by atoms with Crippen molar-refractivity contribution in [1.82, 2.24) is 9.88 Å². The van der Waals surface area contributed by atoms with Gasteiger partial charge in [0.15, 0.2) is 0 Å². The van der Waals surface area contributed by atoms with Gasteiger partial charge in [-0.2, -0.15) is 0 Å². The minimum atomic E-state index is -1.11. The van der Waals surface area contributed by atoms with Crippen molar-refractivity contribution in [2.45, 2.75) is 0 Å². The highest BCUT2D eigenvalue weighted by atomic mass is 32.1. The van der Waals surface area contributed by atoms with Crippen molar-refractivity contribution in [3.8, 4) is 22.2 Å². The fourth-order valence-corrected chi connectivity index (χ4v) is 3.13. The maximum absolute atomic E-state index is 12.2. The number of carboxylic acids is 1. The van der Waals surface area contributed by atoms with Crippen LogP contribution in [0, 0.1) is 12.3 Å². The lowest BCUT2D eigenvalue weighted by Gasteiger charge is -2.16. The van der Waals surface area contributed by atoms with Gasteiger partial charge in [-0.25, -0.2) is 4.98 Å². The molecule has 0 aliphatic carbocycles. The zero-order valence-electron chi connectivity index (χ0n) is 10.3. The highest BCUT2D eigenvalue weighted by Crippen LogP contribution is 2.28. The lowest BCUT2D eigenvalue weighted by molar-refractivity contribution is -0.137. The van der Waals surface area contributed by atoms with Gasteiger partial charge in [0.2, 0.25) is 0 Å². The van der Waals surface area contributed by atoms with E-state index in [0.717, 1.165) is 14.8 Å². The van der Waals surface area contributed by atoms with Crippen molar-refractivity contribution >= 4 is 34.6 Å². The van der Waals surface area contributed by atoms with Gasteiger partial charge >= 0.3 is 5.97 Å². The second kappa shape index (κ2) is 6.32. The number of hydrogen-bond acceptors (Lipinski definition) is 5. The van der Waals surface area contributed by atoms with Crippen LogP contribution in [0.1, 0.15) is 10.5 Å². The first-order chi connectivity index (χ1) is 9.61. The summed E-state index contributed by atoms with van der Waals surface area (Å²) in [5, 5.41) is 13.1. The fourth-order valence-electron chi connectivity index (χ4n) is 1.52. The van der Waals surface area contributed by atoms with Crippen LogP contribution in [0.3, 0.4) is 0 Å². The first kappa shape index (κ1) is 14.2. The molecule has 7 heteroatoms. The number of thiophene rings is 1. The van der Waals surface area contributed by atoms with E-state index in [0.29, 0.717) is 0 Å². The zero-order valence-corrected chi connectivity index (χ0v) is 11.9. The molecular weight excluding hydrogens is 296 g/mol. The Morgan fingerprint density at radius 3 is 2.85 bits per heavy atom. The Hall–Kier alpha value is -2.17. The Labute approximate surface area is 123 Å². The molecule has 2 heterocycles. The Kier molecular flexibility index (Phi) is 4.50. The van der Waals surface area contributed by atoms with Crippen molar-refractivity contribution in [2.75, 3.05) is 13.1 Å². The summed E-state index contributed by atoms with van der Waals surface area (Å²) < 4.78 is 0. The van der Waals surface area contributed by atoms with Gasteiger partial charge in [0.05, 0.1) is 11.4 Å². The topological polar surface area (TPSA) is 70.5 Å². The van der Waals surface area contributed by atoms with Crippen LogP contribution in [-0.4, -0.2) is 40.0 Å². The molecule has 20 heavy (non-hydrogen) atoms. The number of nitrogens with zero attached hydrogens (tertiary/aromatic N) is 2. The Balaban J connectivity index is 2.19. The van der Waals surface area contributed by atoms with E-state index in [4.69, 9.17) is 11.5 Å². The second-order valence-corrected chi connectivity index (χ2v) is 5.58. The first-order valence-corrected chi connectivity index (χ1v) is 7.31. The highest BCUT2D eigenvalue weighted by molar-refractivity contribution is 7.20. The third-order valence-electron chi connectivity index (χ3n) is 2.35. The molecule has 0 atom stereocenters. The summed E-state index contributed by atoms with van der Waals surface area (Å²) >= 11 is 2.87. The van der Waals surface area contributed by atoms with E-state index >= 15 is 0 Å². The van der Waals surface area contributed by atoms with E-state index in [2.05, 4.69) is 10.9 Å². The molecule has 0 radical (unpaired) electrons. The summed E-state index contributed by atoms with van der Waals surface area (Å²) in [4.78, 5) is 29.2. The molecule has 0 aromatic carbocycles. The molecule has 0 spiro atoms. The molecule has 2 aromatic rings. The summed E-state index contributed by atoms with van der Waals surface area (Å²) in [6.45, 7) is -0.494. The summed E-state index contributed by atoms with van der Waals surface area (Å²) in [6, 6.07) is 3.81. The molecule has 0 aliphatic heterocycles. The number of carboxylic acid groups (broad SMARTS) is 1. The molecule has 1 N–H and O–H groups in total. The van der Waals surface area contributed by atoms with Crippen molar-refractivity contribution in [3.63, 3.8) is 0 Å². The van der Waals surface area contributed by atoms with Crippen LogP contribution in [0.5, 0.6) is 0 Å². The van der Waals surface area contributed by atoms with E-state index in [-0.39, 0.29) is 12.2 Å². The number of thiazole rings is 1. The largest absolute Gasteiger partial charge is 0.480 e. The predicted octanol–water partition coefficient (Wildman–Crippen LogP) is 2.03. The van der Waals surface area contributed by atoms with Crippen LogP contribution in [0.2, 0.25) is 0 Å². The quantitative estimate of drug-likeness (QED) is 0.858. The molecule has 0 fully saturated rings. The molecule has 102 valence electrons. The van der Waals surface area contributed by atoms with Crippen LogP contribution < -0.4 is 0 Å². The maximum Gasteiger partial charge on any atom is 0.323 e. The number of rotatable bonds is 5. The molecular formula is C13H10N2O3S2. The first-order valence-electron chi connectivity index (χ1n) is 5.55. The summed E-state index contributed by atoms with van der Waals surface area (Å²) in [5.41, 5.74) is 0.218. The van der Waals surface area contributed by atoms with Crippen molar-refractivity contribution in [2.24, 2.45) is 0 Å². The van der Waals surface area contributed by atoms with Crippen LogP contribution in [0.25, 0.3) is 9.88 Å². The Morgan fingerprint density at radius 2 is 2.25 bits per heavy atom. The smallest absolute Gasteiger partial charge is 0.323 e. The number of aliphatic carboxylic acids is 1. The van der Waals surface area contributed by atoms with Crippen LogP contribution >= 0.6 is 22.7 Å². The highest BCUT2D eigenvalue weighted by Gasteiger charge is 2.20. The second-order valence-electron chi connectivity index (χ2n) is 3.77. The van der Waals surface area contributed by atoms with E-state index in [1.54, 1.807) is 5.38 Å². The third-order valence-corrected chi connectivity index (χ3v) is 4.23. The SMILES string of the molecule is C#CCN(CC(=O)O)C(=O)c1csc(-c2cccs2)n1. The molecule has 0 unspecified atom stereocenters. The van der Waals surface area contributed by atoms with Gasteiger partial charge in [-0.15, -0.1) is 29.1 Å². The van der Waals surface area contributed by atoms with Crippen LogP contribution in [0.4, 0.5) is 0 Å². The average molecular weight is 306 g/mol. The van der Waals surface area contributed by atoms with Gasteiger partial charge in [-0.3, -0.25) is 9.59 Å². The summed E-state index contributed by atoms with van der Waals surface area (Å²) in [7, 11) is 0. The van der Waals surface area contributed by atoms with Crippen molar-refractivity contribution in [1.29, 1.82) is 0 Å². The van der Waals surface area contributed by atoms with E-state index in [1.165, 1.54) is 22.7 Å². The molecule has 0 saturated heterocycles. The minimum Gasteiger partial charge on any atom is -0.480 e. The number of carbonyl (C=O) groups excluding carboxylic acids is 1. The van der Waals surface area contributed by atoms with Crippen LogP contribution in [-0.2, 0) is 4.79 Å². The Morgan fingerprint density at radius 1 is 1.45 bits per heavy atom. The number of carbonyl (C=O) groups is 2. The zero-order chi connectivity index (χ0) is 14.5. The minimum absolute atomic E-state index is 0.0585. The standard InChI is InChI=1S/C13H10N2O3S2/c1-2-5-15(7-11(16)17)13(18)9-8-20-12(14-9)10-4-3-6-19-10/h1,3-4,6,8H,5,7H2,(H,16,17). The normalized spacial score (nSPS) is 9.95. The summed E-state index contributed by atoms with van der Waals surface area (Å²) in [6.07, 6.45) is 5.15. The van der Waals surface area contributed by atoms with Gasteiger partial charge in [0.1, 0.15) is 17.2 Å². The Bertz CT molecular complexity index is 655. The van der Waals surface area contributed by atoms with Gasteiger partial charge in [-0.1, -0.05) is 12.0 Å². The van der Waals surface area contributed by atoms with Gasteiger partial charge in [-0.05, 0) is 11.4 Å². The maximum atomic E-state index is 12.2. The lowest BCUT2D eigenvalue weighted by Crippen LogP contribution is -2.36. The van der Waals surface area contributed by atoms with Crippen molar-refractivity contribution < 1.29 is 14.7 Å². The van der Waals surface area contributed by atoms with E-state index < -0.39 is 18.4 Å². The monoisotopic (exact) mass is 306 g/mol. The number of aromatic nitrogens is 1. The van der Waals surface area contributed by atoms with Gasteiger partial charge in [0, 0.05) is 5.38 Å². The lowest BCUT2D eigenvalue weighted by atomic mass is 10.3. The van der Waals surface area contributed by atoms with Gasteiger partial charge < -0.3 is 10.0 Å². The van der Waals surface area contributed by atoms with Crippen LogP contribution in [0.15, 0.2) is 22.9 Å². The van der Waals surface area contributed by atoms with Gasteiger partial charge in [0.25, 0.3) is 5.91 Å². The third kappa shape index (κ3) is 3.23.